The van der Waals surface area contributed by atoms with Crippen LogP contribution in [0.3, 0.4) is 0 Å². The highest BCUT2D eigenvalue weighted by atomic mass is 32.2. The second-order valence-corrected chi connectivity index (χ2v) is 12.0. The molecule has 0 N–H and O–H groups in total. The monoisotopic (exact) mass is 450 g/mol. The van der Waals surface area contributed by atoms with Crippen molar-refractivity contribution in [3.05, 3.63) is 0 Å². The van der Waals surface area contributed by atoms with Crippen molar-refractivity contribution in [2.24, 2.45) is 46.8 Å². The van der Waals surface area contributed by atoms with Crippen LogP contribution in [0.1, 0.15) is 52.4 Å². The third kappa shape index (κ3) is 3.59. The molecular formula is C24H34O6S. The second-order valence-electron chi connectivity index (χ2n) is 11.1. The van der Waals surface area contributed by atoms with Gasteiger partial charge in [-0.15, -0.1) is 0 Å². The van der Waals surface area contributed by atoms with E-state index in [4.69, 9.17) is 14.2 Å². The zero-order valence-corrected chi connectivity index (χ0v) is 19.5. The lowest BCUT2D eigenvalue weighted by Crippen LogP contribution is -2.47. The van der Waals surface area contributed by atoms with E-state index in [1.807, 2.05) is 6.26 Å². The zero-order valence-electron chi connectivity index (χ0n) is 18.7. The molecule has 5 fully saturated rings. The van der Waals surface area contributed by atoms with Gasteiger partial charge in [-0.3, -0.25) is 14.4 Å². The first kappa shape index (κ1) is 21.6. The van der Waals surface area contributed by atoms with Crippen LogP contribution in [-0.2, 0) is 28.6 Å². The lowest BCUT2D eigenvalue weighted by molar-refractivity contribution is -0.178. The normalized spacial score (nSPS) is 47.2. The predicted octanol–water partition coefficient (Wildman–Crippen LogP) is 3.46. The van der Waals surface area contributed by atoms with Crippen molar-refractivity contribution in [3.63, 3.8) is 0 Å². The van der Waals surface area contributed by atoms with Gasteiger partial charge in [0.15, 0.2) is 0 Å². The molecule has 31 heavy (non-hydrogen) atoms. The SMILES string of the molecule is CSCCOC(=O)C1C2CC3C(OC(=O)C31)C2OC(=O)C1(C)CC2CC(C)CC(C2)C1. The van der Waals surface area contributed by atoms with Crippen LogP contribution in [0.2, 0.25) is 0 Å². The molecule has 4 saturated carbocycles. The van der Waals surface area contributed by atoms with E-state index < -0.39 is 29.5 Å². The summed E-state index contributed by atoms with van der Waals surface area (Å²) in [5, 5.41) is 0. The molecule has 4 bridgehead atoms. The predicted molar refractivity (Wildman–Crippen MR) is 115 cm³/mol. The fourth-order valence-corrected chi connectivity index (χ4v) is 8.06. The number of rotatable bonds is 6. The molecule has 172 valence electrons. The summed E-state index contributed by atoms with van der Waals surface area (Å²) < 4.78 is 17.2. The van der Waals surface area contributed by atoms with Crippen LogP contribution in [-0.4, -0.2) is 48.7 Å². The minimum atomic E-state index is -0.546. The summed E-state index contributed by atoms with van der Waals surface area (Å²) in [5.74, 6) is 0.631. The van der Waals surface area contributed by atoms with Crippen LogP contribution in [0.4, 0.5) is 0 Å². The molecule has 1 heterocycles. The molecule has 0 aromatic carbocycles. The number of carbonyl (C=O) groups is 3. The maximum Gasteiger partial charge on any atom is 0.312 e. The van der Waals surface area contributed by atoms with Gasteiger partial charge in [0.1, 0.15) is 18.8 Å². The molecule has 0 amide bonds. The number of fused-ring (bicyclic) bond motifs is 3. The smallest absolute Gasteiger partial charge is 0.312 e. The van der Waals surface area contributed by atoms with E-state index in [1.165, 1.54) is 19.3 Å². The Morgan fingerprint density at radius 1 is 1.13 bits per heavy atom. The molecule has 1 aliphatic heterocycles. The van der Waals surface area contributed by atoms with Crippen molar-refractivity contribution in [2.45, 2.75) is 64.6 Å². The van der Waals surface area contributed by atoms with Crippen LogP contribution in [0.15, 0.2) is 0 Å². The van der Waals surface area contributed by atoms with Crippen LogP contribution in [0.25, 0.3) is 0 Å². The lowest BCUT2D eigenvalue weighted by atomic mass is 9.59. The first-order valence-corrected chi connectivity index (χ1v) is 13.3. The first-order valence-electron chi connectivity index (χ1n) is 11.9. The molecule has 5 aliphatic rings. The fourth-order valence-electron chi connectivity index (χ4n) is 7.81. The van der Waals surface area contributed by atoms with Gasteiger partial charge in [-0.05, 0) is 69.5 Å². The highest BCUT2D eigenvalue weighted by Crippen LogP contribution is 2.59. The van der Waals surface area contributed by atoms with Crippen molar-refractivity contribution in [2.75, 3.05) is 18.6 Å². The summed E-state index contributed by atoms with van der Waals surface area (Å²) in [6.45, 7) is 4.71. The Morgan fingerprint density at radius 2 is 1.84 bits per heavy atom. The maximum atomic E-state index is 13.4. The van der Waals surface area contributed by atoms with Crippen LogP contribution < -0.4 is 0 Å². The highest BCUT2D eigenvalue weighted by Gasteiger charge is 2.70. The fraction of sp³-hybridized carbons (Fsp3) is 0.875. The van der Waals surface area contributed by atoms with Crippen molar-refractivity contribution in [3.8, 4) is 0 Å². The molecule has 6 nitrogen and oxygen atoms in total. The molecule has 0 aromatic heterocycles. The third-order valence-corrected chi connectivity index (χ3v) is 9.28. The van der Waals surface area contributed by atoms with Gasteiger partial charge in [0, 0.05) is 17.6 Å². The Balaban J connectivity index is 1.30. The van der Waals surface area contributed by atoms with E-state index in [2.05, 4.69) is 13.8 Å². The Bertz CT molecular complexity index is 749. The van der Waals surface area contributed by atoms with Crippen LogP contribution >= 0.6 is 11.8 Å². The van der Waals surface area contributed by atoms with Gasteiger partial charge < -0.3 is 14.2 Å². The van der Waals surface area contributed by atoms with E-state index in [0.29, 0.717) is 24.9 Å². The van der Waals surface area contributed by atoms with Crippen molar-refractivity contribution < 1.29 is 28.6 Å². The number of carbonyl (C=O) groups excluding carboxylic acids is 3. The quantitative estimate of drug-likeness (QED) is 0.348. The average molecular weight is 451 g/mol. The van der Waals surface area contributed by atoms with Gasteiger partial charge in [-0.1, -0.05) is 6.92 Å². The van der Waals surface area contributed by atoms with Gasteiger partial charge in [-0.2, -0.15) is 11.8 Å². The number of hydrogen-bond acceptors (Lipinski definition) is 7. The van der Waals surface area contributed by atoms with Crippen molar-refractivity contribution >= 4 is 29.7 Å². The Labute approximate surface area is 188 Å². The van der Waals surface area contributed by atoms with Crippen LogP contribution in [0.5, 0.6) is 0 Å². The standard InChI is InChI=1S/C24H34O6S/c1-12-6-13-8-14(7-12)11-24(2,10-13)23(27)30-20-15-9-16-18(22(26)29-19(16)20)17(15)21(25)28-4-5-31-3/h12-20H,4-11H2,1-3H3. The van der Waals surface area contributed by atoms with Gasteiger partial charge in [0.25, 0.3) is 0 Å². The highest BCUT2D eigenvalue weighted by molar-refractivity contribution is 7.98. The van der Waals surface area contributed by atoms with E-state index in [-0.39, 0.29) is 29.7 Å². The molecular weight excluding hydrogens is 416 g/mol. The minimum absolute atomic E-state index is 0.0345. The van der Waals surface area contributed by atoms with E-state index >= 15 is 0 Å². The molecule has 4 aliphatic carbocycles. The molecule has 0 aromatic rings. The van der Waals surface area contributed by atoms with Crippen molar-refractivity contribution in [1.29, 1.82) is 0 Å². The molecule has 8 atom stereocenters. The summed E-state index contributed by atoms with van der Waals surface area (Å²) >= 11 is 1.61. The lowest BCUT2D eigenvalue weighted by Gasteiger charge is -2.46. The van der Waals surface area contributed by atoms with Gasteiger partial charge in [-0.25, -0.2) is 0 Å². The van der Waals surface area contributed by atoms with Gasteiger partial charge in [0.05, 0.1) is 17.3 Å². The average Bonchev–Trinajstić information content (AvgIpc) is 3.30. The maximum absolute atomic E-state index is 13.4. The number of ether oxygens (including phenoxy) is 3. The van der Waals surface area contributed by atoms with Crippen LogP contribution in [0, 0.1) is 46.8 Å². The molecule has 7 heteroatoms. The van der Waals surface area contributed by atoms with E-state index in [1.54, 1.807) is 11.8 Å². The Morgan fingerprint density at radius 3 is 2.52 bits per heavy atom. The number of thioether (sulfide) groups is 1. The van der Waals surface area contributed by atoms with E-state index in [0.717, 1.165) is 24.5 Å². The largest absolute Gasteiger partial charge is 0.465 e. The zero-order chi connectivity index (χ0) is 21.9. The topological polar surface area (TPSA) is 78.9 Å². The molecule has 5 rings (SSSR count). The molecule has 0 radical (unpaired) electrons. The number of esters is 3. The second kappa shape index (κ2) is 7.96. The van der Waals surface area contributed by atoms with Gasteiger partial charge >= 0.3 is 17.9 Å². The van der Waals surface area contributed by atoms with Crippen molar-refractivity contribution in [1.82, 2.24) is 0 Å². The summed E-state index contributed by atoms with van der Waals surface area (Å²) in [4.78, 5) is 38.8. The Kier molecular flexibility index (Phi) is 5.55. The molecule has 1 saturated heterocycles. The summed E-state index contributed by atoms with van der Waals surface area (Å²) in [5.41, 5.74) is -0.480. The third-order valence-electron chi connectivity index (χ3n) is 8.70. The summed E-state index contributed by atoms with van der Waals surface area (Å²) in [6, 6.07) is 0. The summed E-state index contributed by atoms with van der Waals surface area (Å²) in [7, 11) is 0. The van der Waals surface area contributed by atoms with E-state index in [9.17, 15) is 14.4 Å². The number of hydrogen-bond donors (Lipinski definition) is 0. The minimum Gasteiger partial charge on any atom is -0.465 e. The molecule has 8 unspecified atom stereocenters. The molecule has 0 spiro atoms. The summed E-state index contributed by atoms with van der Waals surface area (Å²) in [6.07, 6.45) is 7.11. The first-order chi connectivity index (χ1) is 14.8. The van der Waals surface area contributed by atoms with Gasteiger partial charge in [0.2, 0.25) is 0 Å². The Hall–Kier alpha value is -1.24.